The Morgan fingerprint density at radius 2 is 1.69 bits per heavy atom. The lowest BCUT2D eigenvalue weighted by Crippen LogP contribution is -2.48. The van der Waals surface area contributed by atoms with Crippen molar-refractivity contribution >= 4 is 16.7 Å². The van der Waals surface area contributed by atoms with Gasteiger partial charge in [-0.3, -0.25) is 14.5 Å². The Morgan fingerprint density at radius 1 is 1.00 bits per heavy atom. The van der Waals surface area contributed by atoms with Crippen LogP contribution in [0.3, 0.4) is 0 Å². The van der Waals surface area contributed by atoms with Gasteiger partial charge in [-0.05, 0) is 18.9 Å². The molecule has 0 unspecified atom stereocenters. The van der Waals surface area contributed by atoms with Crippen LogP contribution in [0.2, 0.25) is 0 Å². The van der Waals surface area contributed by atoms with E-state index in [1.165, 1.54) is 10.2 Å². The largest absolute Gasteiger partial charge is 0.338 e. The third kappa shape index (κ3) is 4.92. The Labute approximate surface area is 209 Å². The zero-order chi connectivity index (χ0) is 25.2. The van der Waals surface area contributed by atoms with Gasteiger partial charge in [-0.2, -0.15) is 10.1 Å². The highest BCUT2D eigenvalue weighted by Gasteiger charge is 2.27. The van der Waals surface area contributed by atoms with Crippen LogP contribution in [0.4, 0.5) is 0 Å². The molecule has 0 radical (unpaired) electrons. The van der Waals surface area contributed by atoms with Gasteiger partial charge in [0.2, 0.25) is 11.7 Å². The van der Waals surface area contributed by atoms with Gasteiger partial charge in [-0.1, -0.05) is 67.0 Å². The average molecular weight is 487 g/mol. The zero-order valence-corrected chi connectivity index (χ0v) is 20.8. The van der Waals surface area contributed by atoms with Crippen molar-refractivity contribution in [2.45, 2.75) is 33.9 Å². The van der Waals surface area contributed by atoms with E-state index in [1.54, 1.807) is 17.0 Å². The first kappa shape index (κ1) is 23.9. The molecular weight excluding hydrogens is 456 g/mol. The van der Waals surface area contributed by atoms with Crippen molar-refractivity contribution in [2.75, 3.05) is 26.2 Å². The first-order valence-corrected chi connectivity index (χ1v) is 12.3. The highest BCUT2D eigenvalue weighted by molar-refractivity contribution is 6.04. The highest BCUT2D eigenvalue weighted by Crippen LogP contribution is 2.19. The van der Waals surface area contributed by atoms with Crippen molar-refractivity contribution in [1.29, 1.82) is 0 Å². The topological polar surface area (TPSA) is 97.4 Å². The third-order valence-electron chi connectivity index (χ3n) is 6.40. The SMILES string of the molecule is Cc1ccc(-c2noc(CN3CCN(C(=O)c4nn(CC(C)C)c(=O)c5ccccc45)CC3)n2)cc1. The molecule has 1 saturated heterocycles. The lowest BCUT2D eigenvalue weighted by Gasteiger charge is -2.33. The van der Waals surface area contributed by atoms with E-state index < -0.39 is 0 Å². The second kappa shape index (κ2) is 10.0. The lowest BCUT2D eigenvalue weighted by molar-refractivity contribution is 0.0608. The molecule has 186 valence electrons. The highest BCUT2D eigenvalue weighted by atomic mass is 16.5. The molecular formula is C27H30N6O3. The number of hydrogen-bond acceptors (Lipinski definition) is 7. The fourth-order valence-electron chi connectivity index (χ4n) is 4.45. The molecule has 3 heterocycles. The molecule has 0 saturated carbocycles. The number of nitrogens with zero attached hydrogens (tertiary/aromatic N) is 6. The molecule has 0 atom stereocenters. The summed E-state index contributed by atoms with van der Waals surface area (Å²) in [5.74, 6) is 1.22. The fourth-order valence-corrected chi connectivity index (χ4v) is 4.45. The van der Waals surface area contributed by atoms with E-state index >= 15 is 0 Å². The molecule has 9 heteroatoms. The van der Waals surface area contributed by atoms with E-state index in [1.807, 2.05) is 57.2 Å². The minimum absolute atomic E-state index is 0.150. The summed E-state index contributed by atoms with van der Waals surface area (Å²) in [6, 6.07) is 15.2. The Balaban J connectivity index is 1.28. The number of carbonyl (C=O) groups is 1. The van der Waals surface area contributed by atoms with Crippen molar-refractivity contribution in [3.8, 4) is 11.4 Å². The van der Waals surface area contributed by atoms with Crippen molar-refractivity contribution in [3.63, 3.8) is 0 Å². The predicted molar refractivity (Wildman–Crippen MR) is 136 cm³/mol. The van der Waals surface area contributed by atoms with Gasteiger partial charge in [-0.15, -0.1) is 0 Å². The van der Waals surface area contributed by atoms with Crippen molar-refractivity contribution in [2.24, 2.45) is 5.92 Å². The van der Waals surface area contributed by atoms with E-state index in [2.05, 4.69) is 20.1 Å². The molecule has 1 aliphatic heterocycles. The quantitative estimate of drug-likeness (QED) is 0.412. The molecule has 4 aromatic rings. The van der Waals surface area contributed by atoms with Crippen LogP contribution in [0.15, 0.2) is 57.8 Å². The molecule has 0 N–H and O–H groups in total. The van der Waals surface area contributed by atoms with E-state index in [0.29, 0.717) is 67.5 Å². The first-order valence-electron chi connectivity index (χ1n) is 12.3. The van der Waals surface area contributed by atoms with Crippen LogP contribution in [0.5, 0.6) is 0 Å². The molecule has 2 aromatic heterocycles. The van der Waals surface area contributed by atoms with Gasteiger partial charge in [0.05, 0.1) is 11.9 Å². The third-order valence-corrected chi connectivity index (χ3v) is 6.40. The predicted octanol–water partition coefficient (Wildman–Crippen LogP) is 3.37. The Bertz CT molecular complexity index is 1430. The molecule has 1 aliphatic rings. The average Bonchev–Trinajstić information content (AvgIpc) is 3.34. The second-order valence-corrected chi connectivity index (χ2v) is 9.72. The number of aromatic nitrogens is 4. The summed E-state index contributed by atoms with van der Waals surface area (Å²) in [6.45, 7) is 9.54. The molecule has 0 aliphatic carbocycles. The number of amides is 1. The number of aryl methyl sites for hydroxylation is 1. The second-order valence-electron chi connectivity index (χ2n) is 9.72. The van der Waals surface area contributed by atoms with Gasteiger partial charge in [0, 0.05) is 43.7 Å². The minimum Gasteiger partial charge on any atom is -0.338 e. The van der Waals surface area contributed by atoms with Crippen molar-refractivity contribution in [1.82, 2.24) is 29.7 Å². The summed E-state index contributed by atoms with van der Waals surface area (Å²) >= 11 is 0. The van der Waals surface area contributed by atoms with E-state index in [0.717, 1.165) is 5.56 Å². The van der Waals surface area contributed by atoms with Crippen LogP contribution in [-0.2, 0) is 13.1 Å². The number of fused-ring (bicyclic) bond motifs is 1. The maximum atomic E-state index is 13.5. The van der Waals surface area contributed by atoms with Gasteiger partial charge in [0.25, 0.3) is 11.5 Å². The maximum absolute atomic E-state index is 13.5. The van der Waals surface area contributed by atoms with Crippen LogP contribution in [0.25, 0.3) is 22.2 Å². The first-order chi connectivity index (χ1) is 17.4. The van der Waals surface area contributed by atoms with Gasteiger partial charge in [0.15, 0.2) is 5.69 Å². The van der Waals surface area contributed by atoms with Crippen LogP contribution in [-0.4, -0.2) is 61.8 Å². The Hall–Kier alpha value is -3.85. The summed E-state index contributed by atoms with van der Waals surface area (Å²) in [7, 11) is 0. The molecule has 36 heavy (non-hydrogen) atoms. The normalized spacial score (nSPS) is 14.6. The summed E-state index contributed by atoms with van der Waals surface area (Å²) < 4.78 is 6.90. The van der Waals surface area contributed by atoms with Gasteiger partial charge >= 0.3 is 0 Å². The molecule has 0 spiro atoms. The monoisotopic (exact) mass is 486 g/mol. The number of carbonyl (C=O) groups excluding carboxylic acids is 1. The fraction of sp³-hybridized carbons (Fsp3) is 0.370. The van der Waals surface area contributed by atoms with Crippen molar-refractivity contribution in [3.05, 3.63) is 76.0 Å². The molecule has 9 nitrogen and oxygen atoms in total. The Kier molecular flexibility index (Phi) is 6.65. The number of benzene rings is 2. The van der Waals surface area contributed by atoms with Gasteiger partial charge < -0.3 is 9.42 Å². The number of piperazine rings is 1. The van der Waals surface area contributed by atoms with Crippen LogP contribution in [0.1, 0.15) is 35.8 Å². The standard InChI is InChI=1S/C27H30N6O3/c1-18(2)16-33-26(34)22-7-5-4-6-21(22)24(29-33)27(35)32-14-12-31(13-15-32)17-23-28-25(30-36-23)20-10-8-19(3)9-11-20/h4-11,18H,12-17H2,1-3H3. The van der Waals surface area contributed by atoms with E-state index in [4.69, 9.17) is 4.52 Å². The summed E-state index contributed by atoms with van der Waals surface area (Å²) in [6.07, 6.45) is 0. The maximum Gasteiger partial charge on any atom is 0.275 e. The van der Waals surface area contributed by atoms with Crippen LogP contribution in [0, 0.1) is 12.8 Å². The summed E-state index contributed by atoms with van der Waals surface area (Å²) in [5, 5.41) is 9.75. The minimum atomic E-state index is -0.162. The molecule has 1 fully saturated rings. The molecule has 2 aromatic carbocycles. The molecule has 0 bridgehead atoms. The zero-order valence-electron chi connectivity index (χ0n) is 20.8. The van der Waals surface area contributed by atoms with E-state index in [-0.39, 0.29) is 17.4 Å². The van der Waals surface area contributed by atoms with Gasteiger partial charge in [-0.25, -0.2) is 4.68 Å². The lowest BCUT2D eigenvalue weighted by atomic mass is 10.1. The number of rotatable bonds is 6. The summed E-state index contributed by atoms with van der Waals surface area (Å²) in [4.78, 5) is 34.9. The summed E-state index contributed by atoms with van der Waals surface area (Å²) in [5.41, 5.74) is 2.27. The van der Waals surface area contributed by atoms with Crippen LogP contribution >= 0.6 is 0 Å². The number of hydrogen-bond donors (Lipinski definition) is 0. The molecule has 5 rings (SSSR count). The van der Waals surface area contributed by atoms with Gasteiger partial charge in [0.1, 0.15) is 0 Å². The Morgan fingerprint density at radius 3 is 2.39 bits per heavy atom. The smallest absolute Gasteiger partial charge is 0.275 e. The van der Waals surface area contributed by atoms with E-state index in [9.17, 15) is 9.59 Å². The van der Waals surface area contributed by atoms with Crippen molar-refractivity contribution < 1.29 is 9.32 Å². The molecule has 1 amide bonds. The van der Waals surface area contributed by atoms with Crippen LogP contribution < -0.4 is 5.56 Å².